The summed E-state index contributed by atoms with van der Waals surface area (Å²) in [6.07, 6.45) is 1.70. The SMILES string of the molecule is NNc1nccc2ccc(Cl)cc12. The molecule has 0 unspecified atom stereocenters. The quantitative estimate of drug-likeness (QED) is 0.539. The normalized spacial score (nSPS) is 10.3. The van der Waals surface area contributed by atoms with E-state index in [0.717, 1.165) is 10.8 Å². The molecule has 1 heterocycles. The zero-order valence-electron chi connectivity index (χ0n) is 6.79. The van der Waals surface area contributed by atoms with Gasteiger partial charge in [0, 0.05) is 16.6 Å². The molecule has 3 N–H and O–H groups in total. The van der Waals surface area contributed by atoms with Crippen LogP contribution >= 0.6 is 11.6 Å². The van der Waals surface area contributed by atoms with Crippen molar-refractivity contribution in [3.05, 3.63) is 35.5 Å². The van der Waals surface area contributed by atoms with Gasteiger partial charge in [-0.2, -0.15) is 0 Å². The summed E-state index contributed by atoms with van der Waals surface area (Å²) in [5.74, 6) is 5.95. The zero-order chi connectivity index (χ0) is 9.26. The Bertz CT molecular complexity index is 442. The number of pyridine rings is 1. The molecular weight excluding hydrogens is 186 g/mol. The van der Waals surface area contributed by atoms with Crippen LogP contribution in [0.5, 0.6) is 0 Å². The van der Waals surface area contributed by atoms with Crippen molar-refractivity contribution in [1.82, 2.24) is 4.98 Å². The highest BCUT2D eigenvalue weighted by atomic mass is 35.5. The number of rotatable bonds is 1. The van der Waals surface area contributed by atoms with Gasteiger partial charge < -0.3 is 5.43 Å². The average molecular weight is 194 g/mol. The first-order valence-electron chi connectivity index (χ1n) is 3.82. The number of aromatic nitrogens is 1. The Morgan fingerprint density at radius 1 is 1.31 bits per heavy atom. The average Bonchev–Trinajstić information content (AvgIpc) is 2.17. The fourth-order valence-corrected chi connectivity index (χ4v) is 1.43. The molecule has 2 rings (SSSR count). The fraction of sp³-hybridized carbons (Fsp3) is 0. The van der Waals surface area contributed by atoms with E-state index >= 15 is 0 Å². The molecule has 4 heteroatoms. The predicted molar refractivity (Wildman–Crippen MR) is 54.6 cm³/mol. The van der Waals surface area contributed by atoms with Crippen LogP contribution in [0.4, 0.5) is 5.82 Å². The Kier molecular flexibility index (Phi) is 2.04. The number of hydrogen-bond acceptors (Lipinski definition) is 3. The molecule has 0 amide bonds. The first kappa shape index (κ1) is 8.29. The van der Waals surface area contributed by atoms with Crippen molar-refractivity contribution in [2.45, 2.75) is 0 Å². The minimum Gasteiger partial charge on any atom is -0.308 e. The summed E-state index contributed by atoms with van der Waals surface area (Å²) in [4.78, 5) is 4.07. The maximum atomic E-state index is 5.85. The van der Waals surface area contributed by atoms with Gasteiger partial charge in [-0.25, -0.2) is 10.8 Å². The van der Waals surface area contributed by atoms with Crippen LogP contribution < -0.4 is 11.3 Å². The van der Waals surface area contributed by atoms with Crippen molar-refractivity contribution >= 4 is 28.2 Å². The first-order valence-corrected chi connectivity index (χ1v) is 4.20. The number of hydrogen-bond donors (Lipinski definition) is 2. The number of benzene rings is 1. The maximum absolute atomic E-state index is 5.85. The van der Waals surface area contributed by atoms with Crippen molar-refractivity contribution < 1.29 is 0 Å². The summed E-state index contributed by atoms with van der Waals surface area (Å²) in [6.45, 7) is 0. The fourth-order valence-electron chi connectivity index (χ4n) is 1.26. The Balaban J connectivity index is 2.79. The second-order valence-electron chi connectivity index (χ2n) is 2.67. The van der Waals surface area contributed by atoms with E-state index < -0.39 is 0 Å². The van der Waals surface area contributed by atoms with E-state index in [9.17, 15) is 0 Å². The highest BCUT2D eigenvalue weighted by molar-refractivity contribution is 6.31. The molecule has 1 aromatic carbocycles. The largest absolute Gasteiger partial charge is 0.308 e. The van der Waals surface area contributed by atoms with Gasteiger partial charge in [-0.1, -0.05) is 17.7 Å². The molecule has 0 atom stereocenters. The molecule has 3 nitrogen and oxygen atoms in total. The minimum atomic E-state index is 0.639. The molecular formula is C9H8ClN3. The second-order valence-corrected chi connectivity index (χ2v) is 3.11. The molecule has 0 bridgehead atoms. The van der Waals surface area contributed by atoms with Crippen LogP contribution in [0.2, 0.25) is 5.02 Å². The smallest absolute Gasteiger partial charge is 0.147 e. The van der Waals surface area contributed by atoms with Crippen molar-refractivity contribution in [2.75, 3.05) is 5.43 Å². The van der Waals surface area contributed by atoms with Crippen molar-refractivity contribution in [1.29, 1.82) is 0 Å². The van der Waals surface area contributed by atoms with Gasteiger partial charge in [0.05, 0.1) is 0 Å². The third-order valence-electron chi connectivity index (χ3n) is 1.86. The van der Waals surface area contributed by atoms with Gasteiger partial charge >= 0.3 is 0 Å². The molecule has 0 aliphatic rings. The van der Waals surface area contributed by atoms with E-state index in [-0.39, 0.29) is 0 Å². The molecule has 0 aliphatic carbocycles. The Morgan fingerprint density at radius 2 is 2.15 bits per heavy atom. The molecule has 66 valence electrons. The van der Waals surface area contributed by atoms with Crippen molar-refractivity contribution in [3.8, 4) is 0 Å². The van der Waals surface area contributed by atoms with Gasteiger partial charge in [-0.15, -0.1) is 0 Å². The lowest BCUT2D eigenvalue weighted by Gasteiger charge is -2.03. The summed E-state index contributed by atoms with van der Waals surface area (Å²) in [7, 11) is 0. The van der Waals surface area contributed by atoms with Crippen LogP contribution in [0.3, 0.4) is 0 Å². The van der Waals surface area contributed by atoms with Crippen LogP contribution in [0, 0.1) is 0 Å². The van der Waals surface area contributed by atoms with Crippen LogP contribution in [0.1, 0.15) is 0 Å². The lowest BCUT2D eigenvalue weighted by Crippen LogP contribution is -2.08. The van der Waals surface area contributed by atoms with E-state index in [4.69, 9.17) is 17.4 Å². The van der Waals surface area contributed by atoms with Gasteiger partial charge in [-0.3, -0.25) is 0 Å². The Labute approximate surface area is 80.5 Å². The highest BCUT2D eigenvalue weighted by Gasteiger charge is 2.00. The van der Waals surface area contributed by atoms with Crippen LogP contribution in [-0.2, 0) is 0 Å². The lowest BCUT2D eigenvalue weighted by molar-refractivity contribution is 1.25. The number of nitrogens with zero attached hydrogens (tertiary/aromatic N) is 1. The Morgan fingerprint density at radius 3 is 2.92 bits per heavy atom. The van der Waals surface area contributed by atoms with Gasteiger partial charge in [0.25, 0.3) is 0 Å². The monoisotopic (exact) mass is 193 g/mol. The third kappa shape index (κ3) is 1.43. The second kappa shape index (κ2) is 3.20. The Hall–Kier alpha value is -1.32. The number of nitrogens with two attached hydrogens (primary N) is 1. The predicted octanol–water partition coefficient (Wildman–Crippen LogP) is 2.17. The zero-order valence-corrected chi connectivity index (χ0v) is 7.55. The van der Waals surface area contributed by atoms with Gasteiger partial charge in [0.1, 0.15) is 5.82 Å². The van der Waals surface area contributed by atoms with Gasteiger partial charge in [0.2, 0.25) is 0 Å². The molecule has 0 spiro atoms. The number of nitrogens with one attached hydrogen (secondary N) is 1. The first-order chi connectivity index (χ1) is 6.31. The molecule has 2 aromatic rings. The summed E-state index contributed by atoms with van der Waals surface area (Å²) < 4.78 is 0. The van der Waals surface area contributed by atoms with Gasteiger partial charge in [-0.05, 0) is 23.6 Å². The van der Waals surface area contributed by atoms with E-state index in [1.54, 1.807) is 6.20 Å². The van der Waals surface area contributed by atoms with Crippen molar-refractivity contribution in [3.63, 3.8) is 0 Å². The van der Waals surface area contributed by atoms with E-state index in [2.05, 4.69) is 10.4 Å². The van der Waals surface area contributed by atoms with E-state index in [1.165, 1.54) is 0 Å². The summed E-state index contributed by atoms with van der Waals surface area (Å²) in [5.41, 5.74) is 2.53. The number of fused-ring (bicyclic) bond motifs is 1. The van der Waals surface area contributed by atoms with Gasteiger partial charge in [0.15, 0.2) is 0 Å². The molecule has 0 aliphatic heterocycles. The highest BCUT2D eigenvalue weighted by Crippen LogP contribution is 2.23. The van der Waals surface area contributed by atoms with Crippen LogP contribution in [0.15, 0.2) is 30.5 Å². The summed E-state index contributed by atoms with van der Waals surface area (Å²) in [6, 6.07) is 7.51. The standard InChI is InChI=1S/C9H8ClN3/c10-7-2-1-6-3-4-12-9(13-11)8(6)5-7/h1-5H,11H2,(H,12,13). The molecule has 0 saturated heterocycles. The molecule has 0 radical (unpaired) electrons. The number of halogens is 1. The summed E-state index contributed by atoms with van der Waals surface area (Å²) >= 11 is 5.85. The summed E-state index contributed by atoms with van der Waals surface area (Å²) in [5, 5.41) is 2.67. The lowest BCUT2D eigenvalue weighted by atomic mass is 10.2. The molecule has 13 heavy (non-hydrogen) atoms. The van der Waals surface area contributed by atoms with Crippen LogP contribution in [0.25, 0.3) is 10.8 Å². The maximum Gasteiger partial charge on any atom is 0.147 e. The molecule has 0 fully saturated rings. The molecule has 0 saturated carbocycles. The topological polar surface area (TPSA) is 50.9 Å². The minimum absolute atomic E-state index is 0.639. The number of anilines is 1. The molecule has 1 aromatic heterocycles. The number of nitrogen functional groups attached to an aromatic ring is 1. The third-order valence-corrected chi connectivity index (χ3v) is 2.10. The van der Waals surface area contributed by atoms with Crippen molar-refractivity contribution in [2.24, 2.45) is 5.84 Å². The van der Waals surface area contributed by atoms with Crippen LogP contribution in [-0.4, -0.2) is 4.98 Å². The van der Waals surface area contributed by atoms with E-state index in [0.29, 0.717) is 10.8 Å². The number of hydrazine groups is 1. The van der Waals surface area contributed by atoms with E-state index in [1.807, 2.05) is 24.3 Å².